The van der Waals surface area contributed by atoms with Crippen LogP contribution in [-0.2, 0) is 11.2 Å². The molecule has 1 aliphatic heterocycles. The standard InChI is InChI=1S/C21H29N5O2/c1-16-6-5-9-18(22-16)25-12-14-26(15-13-25)20(27)11-10-19-23-24-21(28-19)17-7-3-2-4-8-17/h5-6,9,17H,2-4,7-8,10-15H2,1H3. The number of amides is 1. The van der Waals surface area contributed by atoms with Gasteiger partial charge in [-0.3, -0.25) is 4.79 Å². The van der Waals surface area contributed by atoms with Crippen LogP contribution in [-0.4, -0.2) is 52.2 Å². The van der Waals surface area contributed by atoms with Gasteiger partial charge in [0.2, 0.25) is 17.7 Å². The molecule has 7 heteroatoms. The fourth-order valence-electron chi connectivity index (χ4n) is 4.14. The van der Waals surface area contributed by atoms with Crippen molar-refractivity contribution < 1.29 is 9.21 Å². The zero-order valence-electron chi connectivity index (χ0n) is 16.6. The average molecular weight is 383 g/mol. The van der Waals surface area contributed by atoms with Crippen molar-refractivity contribution in [2.75, 3.05) is 31.1 Å². The summed E-state index contributed by atoms with van der Waals surface area (Å²) in [4.78, 5) is 21.3. The third-order valence-electron chi connectivity index (χ3n) is 5.82. The predicted molar refractivity (Wildman–Crippen MR) is 106 cm³/mol. The second kappa shape index (κ2) is 8.71. The summed E-state index contributed by atoms with van der Waals surface area (Å²) < 4.78 is 5.84. The minimum atomic E-state index is 0.161. The molecular formula is C21H29N5O2. The van der Waals surface area contributed by atoms with Crippen molar-refractivity contribution in [1.29, 1.82) is 0 Å². The van der Waals surface area contributed by atoms with Crippen molar-refractivity contribution >= 4 is 11.7 Å². The lowest BCUT2D eigenvalue weighted by atomic mass is 9.89. The number of aryl methyl sites for hydroxylation is 2. The number of nitrogens with zero attached hydrogens (tertiary/aromatic N) is 5. The van der Waals surface area contributed by atoms with E-state index in [2.05, 4.69) is 20.1 Å². The van der Waals surface area contributed by atoms with Crippen LogP contribution in [0.4, 0.5) is 5.82 Å². The van der Waals surface area contributed by atoms with Crippen LogP contribution >= 0.6 is 0 Å². The first kappa shape index (κ1) is 18.9. The molecule has 4 rings (SSSR count). The maximum absolute atomic E-state index is 12.6. The van der Waals surface area contributed by atoms with Crippen LogP contribution < -0.4 is 4.90 Å². The predicted octanol–water partition coefficient (Wildman–Crippen LogP) is 3.10. The highest BCUT2D eigenvalue weighted by Crippen LogP contribution is 2.31. The van der Waals surface area contributed by atoms with Gasteiger partial charge in [-0.05, 0) is 31.9 Å². The van der Waals surface area contributed by atoms with Crippen LogP contribution in [0.25, 0.3) is 0 Å². The first-order chi connectivity index (χ1) is 13.7. The Morgan fingerprint density at radius 2 is 1.89 bits per heavy atom. The fourth-order valence-corrected chi connectivity index (χ4v) is 4.14. The average Bonchev–Trinajstić information content (AvgIpc) is 3.22. The Bertz CT molecular complexity index is 792. The van der Waals surface area contributed by atoms with Gasteiger partial charge in [-0.25, -0.2) is 4.98 Å². The van der Waals surface area contributed by atoms with Gasteiger partial charge in [0.15, 0.2) is 0 Å². The Kier molecular flexibility index (Phi) is 5.88. The van der Waals surface area contributed by atoms with Gasteiger partial charge in [0.25, 0.3) is 0 Å². The lowest BCUT2D eigenvalue weighted by Gasteiger charge is -2.35. The maximum Gasteiger partial charge on any atom is 0.223 e. The Balaban J connectivity index is 1.24. The van der Waals surface area contributed by atoms with E-state index in [0.717, 1.165) is 56.4 Å². The van der Waals surface area contributed by atoms with E-state index >= 15 is 0 Å². The molecule has 0 aromatic carbocycles. The Morgan fingerprint density at radius 3 is 2.64 bits per heavy atom. The van der Waals surface area contributed by atoms with Gasteiger partial charge >= 0.3 is 0 Å². The molecule has 7 nitrogen and oxygen atoms in total. The summed E-state index contributed by atoms with van der Waals surface area (Å²) in [6.07, 6.45) is 7.02. The molecule has 1 saturated heterocycles. The van der Waals surface area contributed by atoms with E-state index in [1.54, 1.807) is 0 Å². The number of carbonyl (C=O) groups is 1. The molecule has 1 saturated carbocycles. The summed E-state index contributed by atoms with van der Waals surface area (Å²) in [6.45, 7) is 5.08. The number of rotatable bonds is 5. The van der Waals surface area contributed by atoms with Crippen LogP contribution in [0, 0.1) is 6.92 Å². The molecule has 3 heterocycles. The number of aromatic nitrogens is 3. The minimum Gasteiger partial charge on any atom is -0.425 e. The summed E-state index contributed by atoms with van der Waals surface area (Å²) in [6, 6.07) is 6.06. The van der Waals surface area contributed by atoms with Gasteiger partial charge in [0.1, 0.15) is 5.82 Å². The Hall–Kier alpha value is -2.44. The van der Waals surface area contributed by atoms with Crippen molar-refractivity contribution in [3.05, 3.63) is 35.7 Å². The molecule has 1 aliphatic carbocycles. The topological polar surface area (TPSA) is 75.4 Å². The summed E-state index contributed by atoms with van der Waals surface area (Å²) in [7, 11) is 0. The highest BCUT2D eigenvalue weighted by molar-refractivity contribution is 5.76. The van der Waals surface area contributed by atoms with E-state index in [1.165, 1.54) is 19.3 Å². The molecule has 0 unspecified atom stereocenters. The van der Waals surface area contributed by atoms with Crippen LogP contribution in [0.2, 0.25) is 0 Å². The molecule has 28 heavy (non-hydrogen) atoms. The quantitative estimate of drug-likeness (QED) is 0.790. The molecule has 0 N–H and O–H groups in total. The van der Waals surface area contributed by atoms with E-state index in [-0.39, 0.29) is 5.91 Å². The number of pyridine rings is 1. The molecule has 2 aliphatic rings. The summed E-state index contributed by atoms with van der Waals surface area (Å²) in [5, 5.41) is 8.39. The molecule has 0 radical (unpaired) electrons. The molecule has 2 fully saturated rings. The van der Waals surface area contributed by atoms with Crippen LogP contribution in [0.15, 0.2) is 22.6 Å². The molecule has 150 valence electrons. The molecule has 0 atom stereocenters. The molecule has 2 aromatic heterocycles. The second-order valence-electron chi connectivity index (χ2n) is 7.87. The monoisotopic (exact) mass is 383 g/mol. The normalized spacial score (nSPS) is 18.5. The summed E-state index contributed by atoms with van der Waals surface area (Å²) in [5.74, 6) is 2.93. The van der Waals surface area contributed by atoms with Crippen molar-refractivity contribution in [2.45, 2.75) is 57.8 Å². The maximum atomic E-state index is 12.6. The molecule has 0 spiro atoms. The lowest BCUT2D eigenvalue weighted by Crippen LogP contribution is -2.49. The van der Waals surface area contributed by atoms with Crippen molar-refractivity contribution in [3.8, 4) is 0 Å². The highest BCUT2D eigenvalue weighted by atomic mass is 16.4. The van der Waals surface area contributed by atoms with E-state index in [4.69, 9.17) is 4.42 Å². The molecule has 2 aromatic rings. The zero-order chi connectivity index (χ0) is 19.3. The fraction of sp³-hybridized carbons (Fsp3) is 0.619. The number of anilines is 1. The lowest BCUT2D eigenvalue weighted by molar-refractivity contribution is -0.131. The summed E-state index contributed by atoms with van der Waals surface area (Å²) >= 11 is 0. The van der Waals surface area contributed by atoms with Gasteiger partial charge in [0.05, 0.1) is 0 Å². The van der Waals surface area contributed by atoms with Gasteiger partial charge in [-0.1, -0.05) is 25.3 Å². The third-order valence-corrected chi connectivity index (χ3v) is 5.82. The molecular weight excluding hydrogens is 354 g/mol. The van der Waals surface area contributed by atoms with Crippen LogP contribution in [0.3, 0.4) is 0 Å². The zero-order valence-corrected chi connectivity index (χ0v) is 16.6. The SMILES string of the molecule is Cc1cccc(N2CCN(C(=O)CCc3nnc(C4CCCCC4)o3)CC2)n1. The first-order valence-electron chi connectivity index (χ1n) is 10.5. The van der Waals surface area contributed by atoms with E-state index in [1.807, 2.05) is 30.0 Å². The Labute approximate surface area is 166 Å². The second-order valence-corrected chi connectivity index (χ2v) is 7.87. The number of piperazine rings is 1. The van der Waals surface area contributed by atoms with E-state index in [9.17, 15) is 4.79 Å². The van der Waals surface area contributed by atoms with Crippen LogP contribution in [0.5, 0.6) is 0 Å². The third kappa shape index (κ3) is 4.51. The smallest absolute Gasteiger partial charge is 0.223 e. The highest BCUT2D eigenvalue weighted by Gasteiger charge is 2.24. The number of hydrogen-bond donors (Lipinski definition) is 0. The number of carbonyl (C=O) groups excluding carboxylic acids is 1. The van der Waals surface area contributed by atoms with Gasteiger partial charge in [-0.2, -0.15) is 0 Å². The van der Waals surface area contributed by atoms with Gasteiger partial charge < -0.3 is 14.2 Å². The minimum absolute atomic E-state index is 0.161. The van der Waals surface area contributed by atoms with Crippen molar-refractivity contribution in [3.63, 3.8) is 0 Å². The van der Waals surface area contributed by atoms with E-state index in [0.29, 0.717) is 24.7 Å². The largest absolute Gasteiger partial charge is 0.425 e. The van der Waals surface area contributed by atoms with E-state index < -0.39 is 0 Å². The van der Waals surface area contributed by atoms with Crippen molar-refractivity contribution in [2.24, 2.45) is 0 Å². The summed E-state index contributed by atoms with van der Waals surface area (Å²) in [5.41, 5.74) is 1.02. The number of hydrogen-bond acceptors (Lipinski definition) is 6. The first-order valence-corrected chi connectivity index (χ1v) is 10.5. The van der Waals surface area contributed by atoms with Gasteiger partial charge in [-0.15, -0.1) is 10.2 Å². The Morgan fingerprint density at radius 1 is 1.11 bits per heavy atom. The van der Waals surface area contributed by atoms with Crippen LogP contribution in [0.1, 0.15) is 61.9 Å². The molecule has 0 bridgehead atoms. The molecule has 1 amide bonds. The van der Waals surface area contributed by atoms with Crippen molar-refractivity contribution in [1.82, 2.24) is 20.1 Å². The van der Waals surface area contributed by atoms with Gasteiger partial charge in [0, 0.05) is 50.6 Å².